The van der Waals surface area contributed by atoms with Crippen LogP contribution >= 0.6 is 0 Å². The maximum atomic E-state index is 14.7. The number of fused-ring (bicyclic) bond motifs is 1. The molecule has 10 heteroatoms. The highest BCUT2D eigenvalue weighted by Gasteiger charge is 2.35. The number of nitrogens with zero attached hydrogens (tertiary/aromatic N) is 4. The van der Waals surface area contributed by atoms with Crippen LogP contribution in [0.1, 0.15) is 18.4 Å². The van der Waals surface area contributed by atoms with E-state index in [1.54, 1.807) is 0 Å². The molecule has 1 fully saturated rings. The second kappa shape index (κ2) is 9.41. The number of aromatic nitrogens is 2. The summed E-state index contributed by atoms with van der Waals surface area (Å²) in [7, 11) is 0. The number of alkyl halides is 3. The summed E-state index contributed by atoms with van der Waals surface area (Å²) in [6.07, 6.45) is -3.09. The van der Waals surface area contributed by atoms with Crippen molar-refractivity contribution >= 4 is 22.5 Å². The molecule has 1 saturated heterocycles. The summed E-state index contributed by atoms with van der Waals surface area (Å²) in [6, 6.07) is 11.0. The third-order valence-corrected chi connectivity index (χ3v) is 6.37. The van der Waals surface area contributed by atoms with Gasteiger partial charge >= 0.3 is 6.18 Å². The first-order chi connectivity index (χ1) is 17.7. The minimum Gasteiger partial charge on any atom is -0.339 e. The molecule has 188 valence electrons. The summed E-state index contributed by atoms with van der Waals surface area (Å²) in [4.78, 5) is 14.3. The Morgan fingerprint density at radius 2 is 1.76 bits per heavy atom. The highest BCUT2D eigenvalue weighted by atomic mass is 19.4. The van der Waals surface area contributed by atoms with Crippen molar-refractivity contribution in [1.82, 2.24) is 9.97 Å². The average Bonchev–Trinajstić information content (AvgIpc) is 2.87. The van der Waals surface area contributed by atoms with E-state index in [4.69, 9.17) is 12.3 Å². The van der Waals surface area contributed by atoms with Crippen LogP contribution in [0.25, 0.3) is 38.1 Å². The van der Waals surface area contributed by atoms with Gasteiger partial charge in [-0.2, -0.15) is 13.2 Å². The van der Waals surface area contributed by atoms with Gasteiger partial charge < -0.3 is 10.6 Å². The zero-order valence-electron chi connectivity index (χ0n) is 19.4. The average molecular weight is 509 g/mol. The number of anilines is 1. The van der Waals surface area contributed by atoms with Crippen molar-refractivity contribution in [2.24, 2.45) is 5.73 Å². The second-order valence-electron chi connectivity index (χ2n) is 8.89. The van der Waals surface area contributed by atoms with Gasteiger partial charge in [-0.3, -0.25) is 0 Å². The molecule has 1 atom stereocenters. The predicted molar refractivity (Wildman–Crippen MR) is 131 cm³/mol. The molecule has 1 aliphatic heterocycles. The summed E-state index contributed by atoms with van der Waals surface area (Å²) in [5.41, 5.74) is 5.17. The van der Waals surface area contributed by atoms with Gasteiger partial charge in [0.25, 0.3) is 0 Å². The molecule has 0 spiro atoms. The lowest BCUT2D eigenvalue weighted by Gasteiger charge is -2.31. The molecular formula is C27H20F5N5. The van der Waals surface area contributed by atoms with E-state index in [2.05, 4.69) is 14.8 Å². The maximum Gasteiger partial charge on any atom is 0.417 e. The Kier molecular flexibility index (Phi) is 6.25. The molecule has 37 heavy (non-hydrogen) atoms. The maximum absolute atomic E-state index is 14.7. The SMILES string of the molecule is [C-]#[N+]c1ccc(-c2nc(N3CCC[C@@H](N)C3)nc3ccc(-c4c(F)cccc4C(F)(F)F)cc23)cc1F. The number of hydrogen-bond donors (Lipinski definition) is 1. The van der Waals surface area contributed by atoms with Gasteiger partial charge in [-0.25, -0.2) is 23.6 Å². The van der Waals surface area contributed by atoms with Crippen LogP contribution in [0.4, 0.5) is 33.6 Å². The molecule has 5 rings (SSSR count). The van der Waals surface area contributed by atoms with E-state index in [1.807, 2.05) is 4.90 Å². The van der Waals surface area contributed by atoms with Crippen molar-refractivity contribution in [2.75, 3.05) is 18.0 Å². The van der Waals surface area contributed by atoms with E-state index in [0.29, 0.717) is 35.5 Å². The van der Waals surface area contributed by atoms with Gasteiger partial charge in [0.2, 0.25) is 11.6 Å². The first kappa shape index (κ1) is 24.6. The molecule has 1 aromatic heterocycles. The lowest BCUT2D eigenvalue weighted by molar-refractivity contribution is -0.137. The molecule has 4 aromatic rings. The minimum absolute atomic E-state index is 0.0197. The van der Waals surface area contributed by atoms with Crippen molar-refractivity contribution < 1.29 is 22.0 Å². The van der Waals surface area contributed by atoms with Crippen LogP contribution in [-0.2, 0) is 6.18 Å². The van der Waals surface area contributed by atoms with Crippen LogP contribution < -0.4 is 10.6 Å². The fraction of sp³-hybridized carbons (Fsp3) is 0.222. The van der Waals surface area contributed by atoms with E-state index in [1.165, 1.54) is 30.3 Å². The third-order valence-electron chi connectivity index (χ3n) is 6.37. The number of rotatable bonds is 3. The monoisotopic (exact) mass is 509 g/mol. The minimum atomic E-state index is -4.78. The van der Waals surface area contributed by atoms with Gasteiger partial charge in [0.15, 0.2) is 0 Å². The van der Waals surface area contributed by atoms with Crippen LogP contribution in [0.15, 0.2) is 54.6 Å². The molecule has 0 saturated carbocycles. The van der Waals surface area contributed by atoms with E-state index < -0.39 is 28.9 Å². The molecular weight excluding hydrogens is 489 g/mol. The Hall–Kier alpha value is -4.10. The molecule has 0 unspecified atom stereocenters. The van der Waals surface area contributed by atoms with E-state index >= 15 is 0 Å². The van der Waals surface area contributed by atoms with Gasteiger partial charge in [-0.15, -0.1) is 0 Å². The summed E-state index contributed by atoms with van der Waals surface area (Å²) in [6.45, 7) is 8.28. The number of hydrogen-bond acceptors (Lipinski definition) is 4. The van der Waals surface area contributed by atoms with E-state index in [9.17, 15) is 22.0 Å². The molecule has 0 radical (unpaired) electrons. The molecule has 0 bridgehead atoms. The van der Waals surface area contributed by atoms with Gasteiger partial charge in [0.05, 0.1) is 23.3 Å². The van der Waals surface area contributed by atoms with Crippen LogP contribution in [0.5, 0.6) is 0 Å². The molecule has 2 heterocycles. The van der Waals surface area contributed by atoms with E-state index in [0.717, 1.165) is 37.1 Å². The highest BCUT2D eigenvalue weighted by molar-refractivity contribution is 5.96. The molecule has 1 aliphatic rings. The molecule has 5 nitrogen and oxygen atoms in total. The molecule has 2 N–H and O–H groups in total. The Bertz CT molecular complexity index is 1540. The fourth-order valence-corrected chi connectivity index (χ4v) is 4.62. The Morgan fingerprint density at radius 3 is 2.46 bits per heavy atom. The normalized spacial score (nSPS) is 16.1. The van der Waals surface area contributed by atoms with E-state index in [-0.39, 0.29) is 23.0 Å². The Labute approximate surface area is 209 Å². The molecule has 0 amide bonds. The lowest BCUT2D eigenvalue weighted by atomic mass is 9.96. The first-order valence-electron chi connectivity index (χ1n) is 11.5. The van der Waals surface area contributed by atoms with Crippen LogP contribution in [0, 0.1) is 18.2 Å². The van der Waals surface area contributed by atoms with Crippen LogP contribution in [0.3, 0.4) is 0 Å². The summed E-state index contributed by atoms with van der Waals surface area (Å²) >= 11 is 0. The van der Waals surface area contributed by atoms with Crippen molar-refractivity contribution in [1.29, 1.82) is 0 Å². The summed E-state index contributed by atoms with van der Waals surface area (Å²) in [5.74, 6) is -1.43. The van der Waals surface area contributed by atoms with Gasteiger partial charge in [0.1, 0.15) is 11.6 Å². The molecule has 0 aliphatic carbocycles. The Balaban J connectivity index is 1.75. The van der Waals surface area contributed by atoms with Gasteiger partial charge in [-0.05, 0) is 48.7 Å². The lowest BCUT2D eigenvalue weighted by Crippen LogP contribution is -2.43. The van der Waals surface area contributed by atoms with Crippen LogP contribution in [-0.4, -0.2) is 29.1 Å². The van der Waals surface area contributed by atoms with Crippen molar-refractivity contribution in [3.05, 3.63) is 83.2 Å². The number of benzene rings is 3. The number of nitrogens with two attached hydrogens (primary N) is 1. The highest BCUT2D eigenvalue weighted by Crippen LogP contribution is 2.40. The summed E-state index contributed by atoms with van der Waals surface area (Å²) < 4.78 is 70.4. The van der Waals surface area contributed by atoms with Gasteiger partial charge in [-0.1, -0.05) is 24.3 Å². The Morgan fingerprint density at radius 1 is 0.973 bits per heavy atom. The predicted octanol–water partition coefficient (Wildman–Crippen LogP) is 6.74. The van der Waals surface area contributed by atoms with Gasteiger partial charge in [0, 0.05) is 35.6 Å². The number of halogens is 5. The second-order valence-corrected chi connectivity index (χ2v) is 8.89. The number of piperidine rings is 1. The first-order valence-corrected chi connectivity index (χ1v) is 11.5. The fourth-order valence-electron chi connectivity index (χ4n) is 4.62. The zero-order chi connectivity index (χ0) is 26.3. The zero-order valence-corrected chi connectivity index (χ0v) is 19.4. The standard InChI is InChI=1S/C27H20F5N5/c1-34-23-10-8-16(13-21(23)29)25-18-12-15(24-19(27(30,31)32)5-2-6-20(24)28)7-9-22(18)35-26(36-25)37-11-3-4-17(33)14-37/h2,5-10,12-13,17H,3-4,11,14,33H2/t17-/m1/s1. The van der Waals surface area contributed by atoms with Crippen molar-refractivity contribution in [3.8, 4) is 22.4 Å². The molecule has 3 aromatic carbocycles. The largest absolute Gasteiger partial charge is 0.417 e. The van der Waals surface area contributed by atoms with Crippen LogP contribution in [0.2, 0.25) is 0 Å². The van der Waals surface area contributed by atoms with Crippen molar-refractivity contribution in [3.63, 3.8) is 0 Å². The topological polar surface area (TPSA) is 59.4 Å². The smallest absolute Gasteiger partial charge is 0.339 e. The summed E-state index contributed by atoms with van der Waals surface area (Å²) in [5, 5.41) is 0.314. The third kappa shape index (κ3) is 4.70. The van der Waals surface area contributed by atoms with Crippen molar-refractivity contribution in [2.45, 2.75) is 25.1 Å². The quantitative estimate of drug-likeness (QED) is 0.246.